The molecule has 1 rings (SSSR count). The molecule has 0 aromatic carbocycles. The molecule has 0 aliphatic rings. The monoisotopic (exact) mass is 314 g/mol. The number of halogens is 2. The summed E-state index contributed by atoms with van der Waals surface area (Å²) in [5, 5.41) is 0. The van der Waals surface area contributed by atoms with Crippen molar-refractivity contribution in [3.63, 3.8) is 0 Å². The number of aromatic nitrogens is 1. The molecule has 1 aromatic rings. The first-order valence-electron chi connectivity index (χ1n) is 2.72. The Morgan fingerprint density at radius 1 is 1.60 bits per heavy atom. The molecule has 1 aromatic heterocycles. The van der Waals surface area contributed by atoms with E-state index in [1.807, 2.05) is 19.1 Å². The Labute approximate surface area is 81.9 Å². The van der Waals surface area contributed by atoms with Gasteiger partial charge >= 0.3 is 40.5 Å². The maximum absolute atomic E-state index is 3.76. The number of aryl methyl sites for hydroxylation is 1. The van der Waals surface area contributed by atoms with Gasteiger partial charge in [0.1, 0.15) is 0 Å². The van der Waals surface area contributed by atoms with Crippen LogP contribution >= 0.6 is 27.2 Å². The van der Waals surface area contributed by atoms with Crippen molar-refractivity contribution in [3.8, 4) is 0 Å². The Morgan fingerprint density at radius 3 is 2.40 bits per heavy atom. The number of hydrogen-bond donors (Lipinski definition) is 0. The third-order valence-electron chi connectivity index (χ3n) is 0.748. The number of rotatable bonds is 0. The first-order chi connectivity index (χ1) is 4.81. The van der Waals surface area contributed by atoms with E-state index < -0.39 is 0 Å². The minimum atomic E-state index is -0.250. The van der Waals surface area contributed by atoms with Crippen molar-refractivity contribution in [2.45, 2.75) is 6.92 Å². The minimum absolute atomic E-state index is 0.250. The van der Waals surface area contributed by atoms with Crippen LogP contribution in [0.5, 0.6) is 0 Å². The molecule has 0 atom stereocenters. The SMILES string of the molecule is Cc1[c]nccc1.[Br][Zn][Br]. The predicted molar refractivity (Wildman–Crippen MR) is 45.7 cm³/mol. The van der Waals surface area contributed by atoms with Gasteiger partial charge in [0.25, 0.3) is 0 Å². The van der Waals surface area contributed by atoms with Crippen LogP contribution in [0.2, 0.25) is 0 Å². The third-order valence-corrected chi connectivity index (χ3v) is 0.748. The van der Waals surface area contributed by atoms with E-state index in [0.717, 1.165) is 5.56 Å². The summed E-state index contributed by atoms with van der Waals surface area (Å²) in [6, 6.07) is 3.86. The van der Waals surface area contributed by atoms with Crippen molar-refractivity contribution in [3.05, 3.63) is 30.1 Å². The quantitative estimate of drug-likeness (QED) is 0.671. The summed E-state index contributed by atoms with van der Waals surface area (Å²) in [5.41, 5.74) is 1.09. The van der Waals surface area contributed by atoms with Crippen molar-refractivity contribution >= 4 is 27.2 Å². The van der Waals surface area contributed by atoms with Gasteiger partial charge < -0.3 is 0 Å². The van der Waals surface area contributed by atoms with Crippen molar-refractivity contribution < 1.29 is 13.2 Å². The van der Waals surface area contributed by atoms with E-state index >= 15 is 0 Å². The molecule has 0 aliphatic heterocycles. The van der Waals surface area contributed by atoms with E-state index in [-0.39, 0.29) is 13.2 Å². The van der Waals surface area contributed by atoms with Crippen LogP contribution < -0.4 is 0 Å². The molecule has 1 nitrogen and oxygen atoms in total. The van der Waals surface area contributed by atoms with E-state index in [9.17, 15) is 0 Å². The fraction of sp³-hybridized carbons (Fsp3) is 0.167. The van der Waals surface area contributed by atoms with Gasteiger partial charge in [-0.2, -0.15) is 0 Å². The second-order valence-corrected chi connectivity index (χ2v) is 15.6. The van der Waals surface area contributed by atoms with Crippen LogP contribution in [0.3, 0.4) is 0 Å². The Morgan fingerprint density at radius 2 is 2.20 bits per heavy atom. The van der Waals surface area contributed by atoms with E-state index in [1.165, 1.54) is 0 Å². The molecule has 0 saturated heterocycles. The first kappa shape index (κ1) is 10.7. The Bertz CT molecular complexity index is 157. The number of nitrogens with zero attached hydrogens (tertiary/aromatic N) is 1. The molecular formula is C6H6Br2NZn. The molecule has 0 aliphatic carbocycles. The molecule has 0 amide bonds. The fourth-order valence-corrected chi connectivity index (χ4v) is 0.407. The molecule has 0 saturated carbocycles. The van der Waals surface area contributed by atoms with Crippen LogP contribution in [0.4, 0.5) is 0 Å². The average Bonchev–Trinajstić information content (AvgIpc) is 1.91. The molecular weight excluding hydrogens is 311 g/mol. The second kappa shape index (κ2) is 7.84. The summed E-state index contributed by atoms with van der Waals surface area (Å²) < 4.78 is 0. The van der Waals surface area contributed by atoms with Crippen molar-refractivity contribution in [1.29, 1.82) is 0 Å². The molecule has 10 heavy (non-hydrogen) atoms. The molecule has 0 N–H and O–H groups in total. The van der Waals surface area contributed by atoms with Crippen LogP contribution in [-0.2, 0) is 13.2 Å². The predicted octanol–water partition coefficient (Wildman–Crippen LogP) is 2.88. The molecule has 4 heteroatoms. The molecule has 1 radical (unpaired) electrons. The topological polar surface area (TPSA) is 12.9 Å². The molecule has 0 fully saturated rings. The summed E-state index contributed by atoms with van der Waals surface area (Å²) in [6.45, 7) is 1.97. The maximum atomic E-state index is 3.76. The van der Waals surface area contributed by atoms with Crippen molar-refractivity contribution in [1.82, 2.24) is 4.98 Å². The molecule has 0 unspecified atom stereocenters. The molecule has 1 heterocycles. The van der Waals surface area contributed by atoms with Crippen molar-refractivity contribution in [2.24, 2.45) is 0 Å². The van der Waals surface area contributed by atoms with Crippen molar-refractivity contribution in [2.75, 3.05) is 0 Å². The van der Waals surface area contributed by atoms with Crippen LogP contribution in [-0.4, -0.2) is 4.98 Å². The summed E-state index contributed by atoms with van der Waals surface area (Å²) in [6.07, 6.45) is 4.50. The number of hydrogen-bond acceptors (Lipinski definition) is 1. The Kier molecular flexibility index (Phi) is 8.41. The zero-order valence-electron chi connectivity index (χ0n) is 5.64. The standard InChI is InChI=1S/C6H6N.2BrH.Zn/c1-6-3-2-4-7-5-6;;;/h2-4H,1H3;2*1H;/q;;;+2/p-2. The third kappa shape index (κ3) is 6.85. The summed E-state index contributed by atoms with van der Waals surface area (Å²) in [7, 11) is 0. The Hall–Kier alpha value is 0.733. The number of pyridine rings is 1. The zero-order chi connectivity index (χ0) is 7.82. The molecule has 0 bridgehead atoms. The van der Waals surface area contributed by atoms with Gasteiger partial charge in [-0.15, -0.1) is 0 Å². The fourth-order valence-electron chi connectivity index (χ4n) is 0.407. The van der Waals surface area contributed by atoms with Crippen LogP contribution in [0.25, 0.3) is 0 Å². The average molecular weight is 317 g/mol. The molecule has 51 valence electrons. The zero-order valence-corrected chi connectivity index (χ0v) is 11.8. The normalized spacial score (nSPS) is 7.10. The van der Waals surface area contributed by atoms with Gasteiger partial charge in [-0.05, 0) is 18.6 Å². The first-order valence-corrected chi connectivity index (χ1v) is 16.6. The van der Waals surface area contributed by atoms with E-state index in [0.29, 0.717) is 0 Å². The van der Waals surface area contributed by atoms with Gasteiger partial charge in [0.2, 0.25) is 0 Å². The van der Waals surface area contributed by atoms with Gasteiger partial charge in [0.05, 0.1) is 6.20 Å². The van der Waals surface area contributed by atoms with E-state index in [2.05, 4.69) is 38.4 Å². The second-order valence-electron chi connectivity index (χ2n) is 1.53. The van der Waals surface area contributed by atoms with E-state index in [1.54, 1.807) is 6.20 Å². The van der Waals surface area contributed by atoms with Gasteiger partial charge in [-0.3, -0.25) is 4.98 Å². The van der Waals surface area contributed by atoms with Crippen LogP contribution in [0, 0.1) is 13.1 Å². The van der Waals surface area contributed by atoms with E-state index in [4.69, 9.17) is 0 Å². The van der Waals surface area contributed by atoms with Gasteiger partial charge in [0, 0.05) is 6.20 Å². The van der Waals surface area contributed by atoms with Crippen LogP contribution in [0.15, 0.2) is 18.3 Å². The summed E-state index contributed by atoms with van der Waals surface area (Å²) in [5.74, 6) is 0. The van der Waals surface area contributed by atoms with Gasteiger partial charge in [-0.25, -0.2) is 0 Å². The Balaban J connectivity index is 0.000000236. The van der Waals surface area contributed by atoms with Crippen LogP contribution in [0.1, 0.15) is 5.56 Å². The van der Waals surface area contributed by atoms with Gasteiger partial charge in [-0.1, -0.05) is 6.07 Å². The van der Waals surface area contributed by atoms with Gasteiger partial charge in [0.15, 0.2) is 0 Å². The summed E-state index contributed by atoms with van der Waals surface area (Å²) >= 11 is 6.25. The molecule has 0 spiro atoms. The summed E-state index contributed by atoms with van der Waals surface area (Å²) in [4.78, 5) is 3.76.